The Morgan fingerprint density at radius 1 is 0.981 bits per heavy atom. The van der Waals surface area contributed by atoms with Gasteiger partial charge in [-0.25, -0.2) is 4.98 Å². The SMILES string of the molecule is CO/N=C(/C1=NOCCO1)c1ccccc1Oc1ncnc(Oc2ccccc2Cl)c1F.OC(Cc1ccccc1Cl)(Cn1[nH]cnc1=S)C1(Cl)CC1. The minimum absolute atomic E-state index is 0.0973. The van der Waals surface area contributed by atoms with Gasteiger partial charge in [-0.3, -0.25) is 9.78 Å². The Labute approximate surface area is 322 Å². The molecule has 18 heteroatoms. The van der Waals surface area contributed by atoms with Crippen LogP contribution < -0.4 is 9.47 Å². The highest BCUT2D eigenvalue weighted by Crippen LogP contribution is 2.53. The van der Waals surface area contributed by atoms with Gasteiger partial charge in [0, 0.05) is 11.4 Å². The molecular formula is C35H31Cl3FN7O6S. The van der Waals surface area contributed by atoms with E-state index < -0.39 is 16.3 Å². The van der Waals surface area contributed by atoms with Crippen LogP contribution in [0.2, 0.25) is 10.0 Å². The quantitative estimate of drug-likeness (QED) is 0.0552. The maximum Gasteiger partial charge on any atom is 0.280 e. The number of ether oxygens (including phenoxy) is 3. The summed E-state index contributed by atoms with van der Waals surface area (Å²) in [5, 5.41) is 22.8. The lowest BCUT2D eigenvalue weighted by molar-refractivity contribution is 0.00728. The van der Waals surface area contributed by atoms with Crippen LogP contribution in [0.3, 0.4) is 0 Å². The van der Waals surface area contributed by atoms with Crippen molar-refractivity contribution in [2.45, 2.75) is 36.3 Å². The van der Waals surface area contributed by atoms with Crippen molar-refractivity contribution in [1.29, 1.82) is 0 Å². The smallest absolute Gasteiger partial charge is 0.280 e. The van der Waals surface area contributed by atoms with E-state index in [0.717, 1.165) is 24.7 Å². The molecule has 1 aliphatic carbocycles. The van der Waals surface area contributed by atoms with Gasteiger partial charge in [0.05, 0.1) is 22.0 Å². The second-order valence-corrected chi connectivity index (χ2v) is 13.6. The fraction of sp³-hybridized carbons (Fsp3) is 0.257. The number of alkyl halides is 1. The minimum Gasteiger partial charge on any atom is -0.470 e. The number of nitrogens with zero attached hydrogens (tertiary/aromatic N) is 6. The summed E-state index contributed by atoms with van der Waals surface area (Å²) >= 11 is 24.0. The molecule has 0 radical (unpaired) electrons. The van der Waals surface area contributed by atoms with E-state index in [9.17, 15) is 5.11 Å². The highest BCUT2D eigenvalue weighted by molar-refractivity contribution is 7.71. The average Bonchev–Trinajstić information content (AvgIpc) is 3.81. The Kier molecular flexibility index (Phi) is 12.1. The van der Waals surface area contributed by atoms with Gasteiger partial charge in [0.15, 0.2) is 12.3 Å². The van der Waals surface area contributed by atoms with Gasteiger partial charge in [-0.2, -0.15) is 14.4 Å². The molecule has 0 amide bonds. The van der Waals surface area contributed by atoms with E-state index in [0.29, 0.717) is 33.4 Å². The number of hydrogen-bond donors (Lipinski definition) is 2. The van der Waals surface area contributed by atoms with Crippen LogP contribution in [0.5, 0.6) is 23.3 Å². The molecule has 0 spiro atoms. The van der Waals surface area contributed by atoms with Crippen LogP contribution in [0, 0.1) is 10.6 Å². The van der Waals surface area contributed by atoms with Gasteiger partial charge in [0.25, 0.3) is 17.7 Å². The number of nitrogens with one attached hydrogen (secondary N) is 1. The van der Waals surface area contributed by atoms with Crippen molar-refractivity contribution in [3.8, 4) is 23.3 Å². The molecule has 2 aliphatic rings. The topological polar surface area (TPSA) is 150 Å². The third-order valence-corrected chi connectivity index (χ3v) is 9.80. The number of aromatic amines is 1. The van der Waals surface area contributed by atoms with Crippen molar-refractivity contribution >= 4 is 58.6 Å². The average molecular weight is 803 g/mol. The molecule has 2 N–H and O–H groups in total. The second-order valence-electron chi connectivity index (χ2n) is 11.7. The van der Waals surface area contributed by atoms with Crippen LogP contribution in [-0.2, 0) is 27.4 Å². The zero-order chi connectivity index (χ0) is 37.4. The summed E-state index contributed by atoms with van der Waals surface area (Å²) in [7, 11) is 1.37. The lowest BCUT2D eigenvalue weighted by Gasteiger charge is -2.33. The van der Waals surface area contributed by atoms with Gasteiger partial charge in [0.1, 0.15) is 43.5 Å². The molecule has 13 nitrogen and oxygen atoms in total. The summed E-state index contributed by atoms with van der Waals surface area (Å²) in [5.41, 5.74) is 0.347. The fourth-order valence-electron chi connectivity index (χ4n) is 5.22. The van der Waals surface area contributed by atoms with Crippen molar-refractivity contribution < 1.29 is 33.4 Å². The number of aromatic nitrogens is 5. The molecule has 1 atom stereocenters. The Bertz CT molecular complexity index is 2180. The summed E-state index contributed by atoms with van der Waals surface area (Å²) in [6.07, 6.45) is 4.54. The Hall–Kier alpha value is -4.80. The van der Waals surface area contributed by atoms with Gasteiger partial charge >= 0.3 is 0 Å². The van der Waals surface area contributed by atoms with Gasteiger partial charge in [-0.15, -0.1) is 11.6 Å². The first-order chi connectivity index (χ1) is 25.6. The maximum atomic E-state index is 15.1. The summed E-state index contributed by atoms with van der Waals surface area (Å²) in [4.78, 5) is 21.0. The maximum absolute atomic E-state index is 15.1. The van der Waals surface area contributed by atoms with E-state index in [4.69, 9.17) is 70.9 Å². The lowest BCUT2D eigenvalue weighted by Crippen LogP contribution is -2.47. The Balaban J connectivity index is 0.000000198. The molecule has 5 aromatic rings. The second kappa shape index (κ2) is 16.9. The van der Waals surface area contributed by atoms with Crippen molar-refractivity contribution in [2.75, 3.05) is 20.3 Å². The van der Waals surface area contributed by atoms with Crippen molar-refractivity contribution in [1.82, 2.24) is 24.7 Å². The third kappa shape index (κ3) is 9.05. The molecule has 3 heterocycles. The molecule has 3 aromatic carbocycles. The number of rotatable bonds is 12. The van der Waals surface area contributed by atoms with E-state index in [2.05, 4.69) is 30.4 Å². The van der Waals surface area contributed by atoms with Crippen molar-refractivity contribution in [2.24, 2.45) is 10.3 Å². The van der Waals surface area contributed by atoms with E-state index in [1.807, 2.05) is 24.3 Å². The van der Waals surface area contributed by atoms with Gasteiger partial charge in [-0.05, 0) is 66.1 Å². The van der Waals surface area contributed by atoms with Crippen molar-refractivity contribution in [3.63, 3.8) is 0 Å². The zero-order valence-corrected chi connectivity index (χ0v) is 31.0. The van der Waals surface area contributed by atoms with Crippen LogP contribution in [-0.4, -0.2) is 72.2 Å². The molecule has 0 saturated heterocycles. The molecule has 1 saturated carbocycles. The van der Waals surface area contributed by atoms with Gasteiger partial charge in [-0.1, -0.05) is 70.8 Å². The molecule has 1 aliphatic heterocycles. The third-order valence-electron chi connectivity index (χ3n) is 8.07. The molecule has 2 aromatic heterocycles. The number of hydrogen-bond acceptors (Lipinski definition) is 12. The van der Waals surface area contributed by atoms with Crippen LogP contribution in [0.4, 0.5) is 4.39 Å². The van der Waals surface area contributed by atoms with Gasteiger partial charge < -0.3 is 29.0 Å². The first-order valence-electron chi connectivity index (χ1n) is 16.0. The summed E-state index contributed by atoms with van der Waals surface area (Å²) in [5.74, 6) is -1.09. The highest BCUT2D eigenvalue weighted by Gasteiger charge is 2.58. The lowest BCUT2D eigenvalue weighted by atomic mass is 9.89. The molecule has 53 heavy (non-hydrogen) atoms. The molecular weight excluding hydrogens is 772 g/mol. The zero-order valence-electron chi connectivity index (χ0n) is 27.9. The molecule has 1 fully saturated rings. The van der Waals surface area contributed by atoms with E-state index in [1.165, 1.54) is 13.4 Å². The number of H-pyrrole nitrogens is 1. The fourth-order valence-corrected chi connectivity index (χ4v) is 5.99. The largest absolute Gasteiger partial charge is 0.470 e. The van der Waals surface area contributed by atoms with Crippen molar-refractivity contribution in [3.05, 3.63) is 117 Å². The standard InChI is InChI=1S/C21H16ClFN4O5.C14H15Cl2N3OS/c1-28-26-18(21-27-30-11-10-29-21)13-6-2-4-8-15(13)31-19-17(23)20(25-12-24-19)32-16-9-5-3-7-14(16)22;15-11-4-2-1-3-10(11)7-14(20,13(16)5-6-13)8-19-12(21)17-9-18-19/h2-9,12H,10-11H2,1H3;1-4,9,20H,5-8H2,(H,17,18,21)/b26-18+;. The number of para-hydroxylation sites is 2. The van der Waals surface area contributed by atoms with E-state index in [-0.39, 0.29) is 48.0 Å². The highest BCUT2D eigenvalue weighted by atomic mass is 35.5. The summed E-state index contributed by atoms with van der Waals surface area (Å²) in [6, 6.07) is 20.8. The summed E-state index contributed by atoms with van der Waals surface area (Å²) in [6.45, 7) is 0.858. The monoisotopic (exact) mass is 801 g/mol. The number of benzene rings is 3. The van der Waals surface area contributed by atoms with Crippen LogP contribution >= 0.6 is 47.0 Å². The molecule has 276 valence electrons. The molecule has 0 bridgehead atoms. The first-order valence-corrected chi connectivity index (χ1v) is 17.5. The van der Waals surface area contributed by atoms with Crippen LogP contribution in [0.15, 0.2) is 95.8 Å². The van der Waals surface area contributed by atoms with Crippen LogP contribution in [0.25, 0.3) is 0 Å². The predicted octanol–water partition coefficient (Wildman–Crippen LogP) is 7.90. The number of halogens is 4. The molecule has 1 unspecified atom stereocenters. The predicted molar refractivity (Wildman–Crippen MR) is 198 cm³/mol. The molecule has 7 rings (SSSR count). The van der Waals surface area contributed by atoms with Crippen LogP contribution in [0.1, 0.15) is 24.0 Å². The Morgan fingerprint density at radius 3 is 2.26 bits per heavy atom. The normalized spacial score (nSPS) is 15.7. The van der Waals surface area contributed by atoms with E-state index >= 15 is 4.39 Å². The first kappa shape index (κ1) is 37.9. The van der Waals surface area contributed by atoms with E-state index in [1.54, 1.807) is 53.2 Å². The minimum atomic E-state index is -1.13. The Morgan fingerprint density at radius 2 is 1.64 bits per heavy atom. The number of oxime groups is 2. The number of aliphatic hydroxyl groups is 1. The summed E-state index contributed by atoms with van der Waals surface area (Å²) < 4.78 is 33.8. The van der Waals surface area contributed by atoms with Gasteiger partial charge in [0.2, 0.25) is 10.6 Å².